The van der Waals surface area contributed by atoms with E-state index in [0.29, 0.717) is 4.88 Å². The molecule has 8 heteroatoms. The first-order valence-corrected chi connectivity index (χ1v) is 7.57. The topological polar surface area (TPSA) is 63.9 Å². The van der Waals surface area contributed by atoms with Crippen LogP contribution >= 0.6 is 23.1 Å². The van der Waals surface area contributed by atoms with Crippen LogP contribution in [0.25, 0.3) is 5.69 Å². The van der Waals surface area contributed by atoms with Crippen molar-refractivity contribution in [3.8, 4) is 5.69 Å². The molecule has 2 aromatic rings. The van der Waals surface area contributed by atoms with Gasteiger partial charge in [0.2, 0.25) is 0 Å². The molecule has 1 aliphatic heterocycles. The molecule has 18 heavy (non-hydrogen) atoms. The van der Waals surface area contributed by atoms with E-state index in [4.69, 9.17) is 0 Å². The SMILES string of the molecule is O=C(c1sccc1-n1cnnn1)N1CCSCC1. The van der Waals surface area contributed by atoms with Gasteiger partial charge in [0.05, 0.1) is 5.69 Å². The van der Waals surface area contributed by atoms with Gasteiger partial charge < -0.3 is 4.90 Å². The number of nitrogens with zero attached hydrogens (tertiary/aromatic N) is 5. The quantitative estimate of drug-likeness (QED) is 0.819. The second kappa shape index (κ2) is 5.07. The second-order valence-electron chi connectivity index (χ2n) is 3.79. The number of amides is 1. The van der Waals surface area contributed by atoms with Crippen LogP contribution in [-0.2, 0) is 0 Å². The first kappa shape index (κ1) is 11.7. The molecular weight excluding hydrogens is 270 g/mol. The molecule has 6 nitrogen and oxygen atoms in total. The molecule has 0 aliphatic carbocycles. The van der Waals surface area contributed by atoms with E-state index in [1.807, 2.05) is 28.1 Å². The summed E-state index contributed by atoms with van der Waals surface area (Å²) in [4.78, 5) is 15.0. The number of hydrogen-bond donors (Lipinski definition) is 0. The number of carbonyl (C=O) groups excluding carboxylic acids is 1. The van der Waals surface area contributed by atoms with Crippen LogP contribution in [0.3, 0.4) is 0 Å². The summed E-state index contributed by atoms with van der Waals surface area (Å²) in [6.45, 7) is 1.63. The first-order valence-electron chi connectivity index (χ1n) is 5.54. The van der Waals surface area contributed by atoms with Crippen LogP contribution in [-0.4, -0.2) is 55.6 Å². The van der Waals surface area contributed by atoms with Crippen LogP contribution in [0.2, 0.25) is 0 Å². The summed E-state index contributed by atoms with van der Waals surface area (Å²) in [7, 11) is 0. The molecule has 1 fully saturated rings. The fourth-order valence-corrected chi connectivity index (χ4v) is 3.57. The Balaban J connectivity index is 1.88. The average Bonchev–Trinajstić information content (AvgIpc) is 3.09. The molecule has 0 N–H and O–H groups in total. The van der Waals surface area contributed by atoms with Crippen LogP contribution in [0.1, 0.15) is 9.67 Å². The summed E-state index contributed by atoms with van der Waals surface area (Å²) in [6.07, 6.45) is 1.50. The van der Waals surface area contributed by atoms with E-state index >= 15 is 0 Å². The van der Waals surface area contributed by atoms with Crippen molar-refractivity contribution in [3.05, 3.63) is 22.7 Å². The molecule has 0 bridgehead atoms. The summed E-state index contributed by atoms with van der Waals surface area (Å²) >= 11 is 3.32. The lowest BCUT2D eigenvalue weighted by Crippen LogP contribution is -2.37. The third-order valence-corrected chi connectivity index (χ3v) is 4.57. The maximum Gasteiger partial charge on any atom is 0.266 e. The van der Waals surface area contributed by atoms with Crippen molar-refractivity contribution in [1.29, 1.82) is 0 Å². The molecule has 1 amide bonds. The Morgan fingerprint density at radius 2 is 2.17 bits per heavy atom. The molecule has 3 heterocycles. The number of thiophene rings is 1. The van der Waals surface area contributed by atoms with Gasteiger partial charge in [-0.25, -0.2) is 0 Å². The van der Waals surface area contributed by atoms with E-state index in [1.165, 1.54) is 22.3 Å². The van der Waals surface area contributed by atoms with Crippen molar-refractivity contribution in [1.82, 2.24) is 25.1 Å². The van der Waals surface area contributed by atoms with Crippen LogP contribution < -0.4 is 0 Å². The van der Waals surface area contributed by atoms with Gasteiger partial charge in [0.25, 0.3) is 5.91 Å². The average molecular weight is 281 g/mol. The minimum Gasteiger partial charge on any atom is -0.336 e. The van der Waals surface area contributed by atoms with Crippen molar-refractivity contribution >= 4 is 29.0 Å². The van der Waals surface area contributed by atoms with E-state index in [0.717, 1.165) is 30.3 Å². The molecule has 0 radical (unpaired) electrons. The minimum atomic E-state index is 0.0794. The van der Waals surface area contributed by atoms with Crippen molar-refractivity contribution in [3.63, 3.8) is 0 Å². The Kier molecular flexibility index (Phi) is 3.28. The number of tetrazole rings is 1. The molecule has 94 valence electrons. The number of thioether (sulfide) groups is 1. The Labute approximate surface area is 112 Å². The third kappa shape index (κ3) is 2.13. The Morgan fingerprint density at radius 3 is 2.89 bits per heavy atom. The highest BCUT2D eigenvalue weighted by molar-refractivity contribution is 7.99. The standard InChI is InChI=1S/C10H11N5OS2/c16-10(14-2-5-17-6-3-14)9-8(1-4-18-9)15-7-11-12-13-15/h1,4,7H,2-3,5-6H2. The molecule has 0 saturated carbocycles. The fraction of sp³-hybridized carbons (Fsp3) is 0.400. The van der Waals surface area contributed by atoms with Gasteiger partial charge in [0.15, 0.2) is 0 Å². The summed E-state index contributed by atoms with van der Waals surface area (Å²) in [6, 6.07) is 1.87. The van der Waals surface area contributed by atoms with Crippen molar-refractivity contribution < 1.29 is 4.79 Å². The third-order valence-electron chi connectivity index (χ3n) is 2.73. The molecule has 1 saturated heterocycles. The maximum atomic E-state index is 12.4. The van der Waals surface area contributed by atoms with E-state index in [2.05, 4.69) is 15.5 Å². The lowest BCUT2D eigenvalue weighted by atomic mass is 10.3. The normalized spacial score (nSPS) is 15.9. The molecule has 3 rings (SSSR count). The van der Waals surface area contributed by atoms with E-state index < -0.39 is 0 Å². The lowest BCUT2D eigenvalue weighted by molar-refractivity contribution is 0.0777. The zero-order chi connectivity index (χ0) is 12.4. The second-order valence-corrected chi connectivity index (χ2v) is 5.93. The number of aromatic nitrogens is 4. The predicted molar refractivity (Wildman–Crippen MR) is 70.3 cm³/mol. The van der Waals surface area contributed by atoms with Crippen molar-refractivity contribution in [2.45, 2.75) is 0 Å². The minimum absolute atomic E-state index is 0.0794. The smallest absolute Gasteiger partial charge is 0.266 e. The first-order chi connectivity index (χ1) is 8.86. The summed E-state index contributed by atoms with van der Waals surface area (Å²) in [5.41, 5.74) is 0.758. The van der Waals surface area contributed by atoms with Crippen molar-refractivity contribution in [2.75, 3.05) is 24.6 Å². The molecule has 1 aliphatic rings. The van der Waals surface area contributed by atoms with Crippen LogP contribution in [0, 0.1) is 0 Å². The van der Waals surface area contributed by atoms with E-state index in [1.54, 1.807) is 0 Å². The lowest BCUT2D eigenvalue weighted by Gasteiger charge is -2.26. The molecule has 0 aromatic carbocycles. The Hall–Kier alpha value is -1.41. The van der Waals surface area contributed by atoms with Gasteiger partial charge in [-0.05, 0) is 21.9 Å². The Bertz CT molecular complexity index is 532. The summed E-state index contributed by atoms with van der Waals surface area (Å²) < 4.78 is 1.53. The van der Waals surface area contributed by atoms with Crippen LogP contribution in [0.4, 0.5) is 0 Å². The van der Waals surface area contributed by atoms with Crippen LogP contribution in [0.15, 0.2) is 17.8 Å². The molecule has 0 atom stereocenters. The van der Waals surface area contributed by atoms with Gasteiger partial charge in [0.1, 0.15) is 11.2 Å². The van der Waals surface area contributed by atoms with Crippen molar-refractivity contribution in [2.24, 2.45) is 0 Å². The van der Waals surface area contributed by atoms with Gasteiger partial charge in [-0.15, -0.1) is 16.4 Å². The van der Waals surface area contributed by atoms with E-state index in [9.17, 15) is 4.79 Å². The zero-order valence-electron chi connectivity index (χ0n) is 9.52. The largest absolute Gasteiger partial charge is 0.336 e. The zero-order valence-corrected chi connectivity index (χ0v) is 11.2. The number of rotatable bonds is 2. The van der Waals surface area contributed by atoms with Gasteiger partial charge in [-0.1, -0.05) is 0 Å². The highest BCUT2D eigenvalue weighted by Gasteiger charge is 2.23. The van der Waals surface area contributed by atoms with Gasteiger partial charge in [-0.2, -0.15) is 16.4 Å². The van der Waals surface area contributed by atoms with Gasteiger partial charge in [-0.3, -0.25) is 4.79 Å². The highest BCUT2D eigenvalue weighted by atomic mass is 32.2. The predicted octanol–water partition coefficient (Wildman–Crippen LogP) is 0.913. The summed E-state index contributed by atoms with van der Waals surface area (Å²) in [5.74, 6) is 2.10. The van der Waals surface area contributed by atoms with E-state index in [-0.39, 0.29) is 5.91 Å². The Morgan fingerprint density at radius 1 is 1.33 bits per heavy atom. The molecule has 0 spiro atoms. The number of hydrogen-bond acceptors (Lipinski definition) is 6. The monoisotopic (exact) mass is 281 g/mol. The van der Waals surface area contributed by atoms with Crippen LogP contribution in [0.5, 0.6) is 0 Å². The fourth-order valence-electron chi connectivity index (χ4n) is 1.82. The summed E-state index contributed by atoms with van der Waals surface area (Å²) in [5, 5.41) is 12.9. The van der Waals surface area contributed by atoms with Gasteiger partial charge in [0, 0.05) is 24.6 Å². The molecular formula is C10H11N5OS2. The molecule has 0 unspecified atom stereocenters. The number of carbonyl (C=O) groups is 1. The highest BCUT2D eigenvalue weighted by Crippen LogP contribution is 2.23. The molecule has 2 aromatic heterocycles. The van der Waals surface area contributed by atoms with Gasteiger partial charge >= 0.3 is 0 Å². The maximum absolute atomic E-state index is 12.4.